The summed E-state index contributed by atoms with van der Waals surface area (Å²) in [5.41, 5.74) is 0. The lowest BCUT2D eigenvalue weighted by Crippen LogP contribution is -2.58. The van der Waals surface area contributed by atoms with Crippen molar-refractivity contribution in [2.45, 2.75) is 12.1 Å². The zero-order valence-electron chi connectivity index (χ0n) is 10.2. The van der Waals surface area contributed by atoms with Gasteiger partial charge in [0.1, 0.15) is 12.4 Å². The molecule has 2 rings (SSSR count). The van der Waals surface area contributed by atoms with Crippen molar-refractivity contribution < 1.29 is 9.47 Å². The Balaban J connectivity index is 1.75. The average molecular weight is 236 g/mol. The predicted molar refractivity (Wildman–Crippen MR) is 67.4 cm³/mol. The minimum absolute atomic E-state index is 0.337. The number of ether oxygens (including phenoxy) is 2. The molecule has 1 fully saturated rings. The number of nitrogens with one attached hydrogen (secondary N) is 2. The molecule has 0 amide bonds. The molecule has 94 valence electrons. The first-order valence-corrected chi connectivity index (χ1v) is 6.02. The van der Waals surface area contributed by atoms with Crippen LogP contribution in [0.25, 0.3) is 0 Å². The molecule has 0 aliphatic carbocycles. The van der Waals surface area contributed by atoms with Gasteiger partial charge in [0, 0.05) is 26.2 Å². The summed E-state index contributed by atoms with van der Waals surface area (Å²) < 4.78 is 10.9. The van der Waals surface area contributed by atoms with Crippen LogP contribution in [0.2, 0.25) is 0 Å². The van der Waals surface area contributed by atoms with Crippen LogP contribution in [0, 0.1) is 0 Å². The molecular formula is C13H20N2O2. The number of para-hydroxylation sites is 1. The lowest BCUT2D eigenvalue weighted by molar-refractivity contribution is 0.135. The van der Waals surface area contributed by atoms with Gasteiger partial charge in [-0.25, -0.2) is 0 Å². The van der Waals surface area contributed by atoms with E-state index < -0.39 is 0 Å². The molecule has 0 aromatic heterocycles. The fourth-order valence-electron chi connectivity index (χ4n) is 2.01. The summed E-state index contributed by atoms with van der Waals surface area (Å²) in [6.45, 7) is 3.30. The minimum Gasteiger partial charge on any atom is -0.492 e. The molecule has 1 saturated heterocycles. The Morgan fingerprint density at radius 3 is 2.53 bits per heavy atom. The van der Waals surface area contributed by atoms with Crippen LogP contribution in [0.3, 0.4) is 0 Å². The van der Waals surface area contributed by atoms with Crippen molar-refractivity contribution in [1.82, 2.24) is 10.6 Å². The van der Waals surface area contributed by atoms with Crippen LogP contribution in [0.5, 0.6) is 5.75 Å². The monoisotopic (exact) mass is 236 g/mol. The molecule has 0 saturated carbocycles. The van der Waals surface area contributed by atoms with E-state index in [1.54, 1.807) is 7.11 Å². The highest BCUT2D eigenvalue weighted by atomic mass is 16.5. The summed E-state index contributed by atoms with van der Waals surface area (Å²) in [5, 5.41) is 6.90. The first kappa shape index (κ1) is 12.4. The fraction of sp³-hybridized carbons (Fsp3) is 0.538. The topological polar surface area (TPSA) is 42.5 Å². The lowest BCUT2D eigenvalue weighted by atomic mass is 10.1. The van der Waals surface area contributed by atoms with Gasteiger partial charge in [-0.1, -0.05) is 18.2 Å². The van der Waals surface area contributed by atoms with Crippen LogP contribution < -0.4 is 15.4 Å². The number of methoxy groups -OCH3 is 1. The molecule has 0 unspecified atom stereocenters. The Morgan fingerprint density at radius 2 is 1.82 bits per heavy atom. The molecule has 2 atom stereocenters. The highest BCUT2D eigenvalue weighted by Gasteiger charge is 2.20. The number of hydrogen-bond acceptors (Lipinski definition) is 4. The van der Waals surface area contributed by atoms with Crippen molar-refractivity contribution in [2.75, 3.05) is 33.4 Å². The van der Waals surface area contributed by atoms with Gasteiger partial charge in [-0.3, -0.25) is 0 Å². The molecule has 0 spiro atoms. The van der Waals surface area contributed by atoms with Crippen LogP contribution >= 0.6 is 0 Å². The second-order valence-electron chi connectivity index (χ2n) is 4.30. The summed E-state index contributed by atoms with van der Waals surface area (Å²) in [4.78, 5) is 0. The fourth-order valence-corrected chi connectivity index (χ4v) is 2.01. The summed E-state index contributed by atoms with van der Waals surface area (Å²) >= 11 is 0. The Kier molecular flexibility index (Phi) is 4.79. The van der Waals surface area contributed by atoms with Crippen LogP contribution in [0.15, 0.2) is 30.3 Å². The minimum atomic E-state index is 0.337. The van der Waals surface area contributed by atoms with Gasteiger partial charge in [-0.2, -0.15) is 0 Å². The van der Waals surface area contributed by atoms with Crippen LogP contribution in [0.4, 0.5) is 0 Å². The number of piperazine rings is 1. The normalized spacial score (nSPS) is 24.5. The molecule has 4 heteroatoms. The maximum Gasteiger partial charge on any atom is 0.119 e. The summed E-state index contributed by atoms with van der Waals surface area (Å²) in [6, 6.07) is 10.6. The highest BCUT2D eigenvalue weighted by Crippen LogP contribution is 2.09. The largest absolute Gasteiger partial charge is 0.492 e. The van der Waals surface area contributed by atoms with Gasteiger partial charge in [0.25, 0.3) is 0 Å². The molecule has 2 N–H and O–H groups in total. The van der Waals surface area contributed by atoms with E-state index in [2.05, 4.69) is 10.6 Å². The lowest BCUT2D eigenvalue weighted by Gasteiger charge is -2.31. The van der Waals surface area contributed by atoms with Gasteiger partial charge in [0.05, 0.1) is 12.6 Å². The van der Waals surface area contributed by atoms with E-state index in [1.807, 2.05) is 30.3 Å². The van der Waals surface area contributed by atoms with Gasteiger partial charge in [0.15, 0.2) is 0 Å². The molecule has 1 aromatic carbocycles. The first-order valence-electron chi connectivity index (χ1n) is 6.02. The highest BCUT2D eigenvalue weighted by molar-refractivity contribution is 5.20. The maximum absolute atomic E-state index is 5.73. The van der Waals surface area contributed by atoms with Crippen LogP contribution in [-0.4, -0.2) is 45.5 Å². The van der Waals surface area contributed by atoms with Crippen molar-refractivity contribution in [2.24, 2.45) is 0 Å². The molecule has 4 nitrogen and oxygen atoms in total. The van der Waals surface area contributed by atoms with Gasteiger partial charge >= 0.3 is 0 Å². The first-order chi connectivity index (χ1) is 8.38. The van der Waals surface area contributed by atoms with Crippen molar-refractivity contribution in [3.63, 3.8) is 0 Å². The SMILES string of the molecule is COC[C@@H]1CNC[C@@H](COc2ccccc2)N1. The molecule has 17 heavy (non-hydrogen) atoms. The van der Waals surface area contributed by atoms with E-state index in [0.717, 1.165) is 25.4 Å². The molecular weight excluding hydrogens is 216 g/mol. The third-order valence-electron chi connectivity index (χ3n) is 2.82. The van der Waals surface area contributed by atoms with Crippen LogP contribution in [0.1, 0.15) is 0 Å². The van der Waals surface area contributed by atoms with E-state index in [9.17, 15) is 0 Å². The predicted octanol–water partition coefficient (Wildman–Crippen LogP) is 0.642. The zero-order chi connectivity index (χ0) is 11.9. The summed E-state index contributed by atoms with van der Waals surface area (Å²) in [5.74, 6) is 0.920. The van der Waals surface area contributed by atoms with E-state index in [-0.39, 0.29) is 0 Å². The Morgan fingerprint density at radius 1 is 1.12 bits per heavy atom. The molecule has 0 bridgehead atoms. The average Bonchev–Trinajstić information content (AvgIpc) is 2.39. The van der Waals surface area contributed by atoms with Gasteiger partial charge in [-0.05, 0) is 12.1 Å². The second kappa shape index (κ2) is 6.59. The van der Waals surface area contributed by atoms with Crippen molar-refractivity contribution in [3.8, 4) is 5.75 Å². The smallest absolute Gasteiger partial charge is 0.119 e. The quantitative estimate of drug-likeness (QED) is 0.787. The third-order valence-corrected chi connectivity index (χ3v) is 2.82. The number of rotatable bonds is 5. The third kappa shape index (κ3) is 4.00. The maximum atomic E-state index is 5.73. The van der Waals surface area contributed by atoms with Crippen LogP contribution in [-0.2, 0) is 4.74 Å². The number of benzene rings is 1. The van der Waals surface area contributed by atoms with E-state index >= 15 is 0 Å². The van der Waals surface area contributed by atoms with E-state index in [0.29, 0.717) is 18.7 Å². The van der Waals surface area contributed by atoms with Gasteiger partial charge in [-0.15, -0.1) is 0 Å². The zero-order valence-corrected chi connectivity index (χ0v) is 10.2. The van der Waals surface area contributed by atoms with Gasteiger partial charge < -0.3 is 20.1 Å². The van der Waals surface area contributed by atoms with Crippen molar-refractivity contribution in [1.29, 1.82) is 0 Å². The molecule has 1 aliphatic rings. The molecule has 1 aliphatic heterocycles. The van der Waals surface area contributed by atoms with Gasteiger partial charge in [0.2, 0.25) is 0 Å². The summed E-state index contributed by atoms with van der Waals surface area (Å²) in [7, 11) is 1.73. The molecule has 0 radical (unpaired) electrons. The molecule has 1 heterocycles. The standard InChI is InChI=1S/C13H20N2O2/c1-16-9-11-7-14-8-12(15-11)10-17-13-5-3-2-4-6-13/h2-6,11-12,14-15H,7-10H2,1H3/t11-,12-/m0/s1. The van der Waals surface area contributed by atoms with E-state index in [4.69, 9.17) is 9.47 Å². The Hall–Kier alpha value is -1.10. The number of hydrogen-bond donors (Lipinski definition) is 2. The van der Waals surface area contributed by atoms with Crippen molar-refractivity contribution >= 4 is 0 Å². The molecule has 1 aromatic rings. The Bertz CT molecular complexity index is 316. The Labute approximate surface area is 102 Å². The van der Waals surface area contributed by atoms with Crippen molar-refractivity contribution in [3.05, 3.63) is 30.3 Å². The summed E-state index contributed by atoms with van der Waals surface area (Å²) in [6.07, 6.45) is 0. The van der Waals surface area contributed by atoms with E-state index in [1.165, 1.54) is 0 Å². The second-order valence-corrected chi connectivity index (χ2v) is 4.30.